The molecular weight excluding hydrogens is 524 g/mol. The Labute approximate surface area is 232 Å². The van der Waals surface area contributed by atoms with E-state index in [0.29, 0.717) is 12.0 Å². The van der Waals surface area contributed by atoms with E-state index in [-0.39, 0.29) is 43.9 Å². The summed E-state index contributed by atoms with van der Waals surface area (Å²) in [6.07, 6.45) is 0.0915. The SMILES string of the molecule is CC(C)C(NC(=O)C(N)CCCN=C(N)N)C(=O)NC(Cc1ccc(O)cc1)C(=O)NC(CCC(N)=O)C(=O)O. The summed E-state index contributed by atoms with van der Waals surface area (Å²) in [5, 5.41) is 26.5. The number of carboxylic acid groups (broad SMARTS) is 1. The van der Waals surface area contributed by atoms with Crippen LogP contribution in [0.5, 0.6) is 5.75 Å². The number of rotatable bonds is 17. The highest BCUT2D eigenvalue weighted by molar-refractivity contribution is 5.94. The smallest absolute Gasteiger partial charge is 0.326 e. The number of phenolic OH excluding ortho intramolecular Hbond substituents is 1. The Balaban J connectivity index is 3.05. The minimum atomic E-state index is -1.43. The number of hydrogen-bond donors (Lipinski definition) is 9. The van der Waals surface area contributed by atoms with Gasteiger partial charge in [0.15, 0.2) is 5.96 Å². The van der Waals surface area contributed by atoms with Crippen molar-refractivity contribution < 1.29 is 34.2 Å². The summed E-state index contributed by atoms with van der Waals surface area (Å²) < 4.78 is 0. The van der Waals surface area contributed by atoms with Crippen LogP contribution in [0.25, 0.3) is 0 Å². The van der Waals surface area contributed by atoms with Crippen LogP contribution in [0.15, 0.2) is 29.3 Å². The molecule has 0 aliphatic rings. The van der Waals surface area contributed by atoms with Crippen molar-refractivity contribution in [2.75, 3.05) is 6.54 Å². The first-order valence-electron chi connectivity index (χ1n) is 12.7. The molecule has 222 valence electrons. The first-order valence-corrected chi connectivity index (χ1v) is 12.7. The largest absolute Gasteiger partial charge is 0.508 e. The van der Waals surface area contributed by atoms with Gasteiger partial charge in [0.25, 0.3) is 0 Å². The Morgan fingerprint density at radius 2 is 1.48 bits per heavy atom. The summed E-state index contributed by atoms with van der Waals surface area (Å²) in [4.78, 5) is 65.6. The number of aliphatic carboxylic acids is 1. The van der Waals surface area contributed by atoms with Gasteiger partial charge in [-0.2, -0.15) is 0 Å². The molecule has 0 radical (unpaired) electrons. The molecule has 0 aliphatic carbocycles. The number of carboxylic acids is 1. The van der Waals surface area contributed by atoms with Crippen molar-refractivity contribution in [1.29, 1.82) is 0 Å². The molecule has 4 atom stereocenters. The topological polar surface area (TPSA) is 278 Å². The van der Waals surface area contributed by atoms with Crippen molar-refractivity contribution in [3.8, 4) is 5.75 Å². The van der Waals surface area contributed by atoms with E-state index in [9.17, 15) is 34.2 Å². The van der Waals surface area contributed by atoms with Crippen molar-refractivity contribution in [3.05, 3.63) is 29.8 Å². The van der Waals surface area contributed by atoms with Crippen LogP contribution in [0.3, 0.4) is 0 Å². The highest BCUT2D eigenvalue weighted by Crippen LogP contribution is 2.13. The molecule has 1 aromatic carbocycles. The summed E-state index contributed by atoms with van der Waals surface area (Å²) in [6, 6.07) is 1.14. The van der Waals surface area contributed by atoms with E-state index in [1.165, 1.54) is 24.3 Å². The van der Waals surface area contributed by atoms with Gasteiger partial charge in [-0.05, 0) is 42.9 Å². The zero-order valence-electron chi connectivity index (χ0n) is 22.6. The normalized spacial score (nSPS) is 13.8. The van der Waals surface area contributed by atoms with Crippen LogP contribution in [-0.4, -0.2) is 76.5 Å². The molecule has 40 heavy (non-hydrogen) atoms. The Morgan fingerprint density at radius 3 is 2.00 bits per heavy atom. The number of phenols is 1. The van der Waals surface area contributed by atoms with Crippen molar-refractivity contribution in [1.82, 2.24) is 16.0 Å². The second-order valence-corrected chi connectivity index (χ2v) is 9.62. The number of nitrogens with zero attached hydrogens (tertiary/aromatic N) is 1. The molecule has 4 unspecified atom stereocenters. The Kier molecular flexibility index (Phi) is 13.9. The Hall–Kier alpha value is -4.40. The molecule has 4 amide bonds. The Morgan fingerprint density at radius 1 is 0.875 bits per heavy atom. The van der Waals surface area contributed by atoms with Crippen LogP contribution in [0, 0.1) is 5.92 Å². The van der Waals surface area contributed by atoms with Gasteiger partial charge in [-0.1, -0.05) is 26.0 Å². The van der Waals surface area contributed by atoms with Crippen LogP contribution >= 0.6 is 0 Å². The molecular formula is C25H40N8O7. The van der Waals surface area contributed by atoms with Crippen LogP contribution in [0.4, 0.5) is 0 Å². The molecule has 1 rings (SSSR count). The van der Waals surface area contributed by atoms with Gasteiger partial charge < -0.3 is 49.1 Å². The minimum absolute atomic E-state index is 0.0107. The predicted molar refractivity (Wildman–Crippen MR) is 146 cm³/mol. The lowest BCUT2D eigenvalue weighted by atomic mass is 10.00. The molecule has 0 aromatic heterocycles. The molecule has 0 aliphatic heterocycles. The number of benzene rings is 1. The maximum atomic E-state index is 13.3. The average Bonchev–Trinajstić information content (AvgIpc) is 2.87. The summed E-state index contributed by atoms with van der Waals surface area (Å²) in [5.41, 5.74) is 22.1. The van der Waals surface area contributed by atoms with Gasteiger partial charge >= 0.3 is 5.97 Å². The van der Waals surface area contributed by atoms with Gasteiger partial charge in [-0.15, -0.1) is 0 Å². The molecule has 0 heterocycles. The molecule has 15 nitrogen and oxygen atoms in total. The lowest BCUT2D eigenvalue weighted by molar-refractivity contribution is -0.142. The molecule has 1 aromatic rings. The standard InChI is InChI=1S/C25H40N8O7/c1-13(2)20(33-21(36)16(26)4-3-11-30-25(28)29)23(38)32-18(12-14-5-7-15(34)8-6-14)22(37)31-17(24(39)40)9-10-19(27)35/h5-8,13,16-18,20,34H,3-4,9-12,26H2,1-2H3,(H2,27,35)(H,31,37)(H,32,38)(H,33,36)(H,39,40)(H4,28,29,30). The number of aromatic hydroxyl groups is 1. The van der Waals surface area contributed by atoms with Gasteiger partial charge in [-0.25, -0.2) is 4.79 Å². The first kappa shape index (κ1) is 33.6. The summed E-state index contributed by atoms with van der Waals surface area (Å²) in [6.45, 7) is 3.66. The van der Waals surface area contributed by atoms with Crippen molar-refractivity contribution >= 4 is 35.6 Å². The van der Waals surface area contributed by atoms with Crippen molar-refractivity contribution in [3.63, 3.8) is 0 Å². The van der Waals surface area contributed by atoms with Gasteiger partial charge in [0.1, 0.15) is 23.9 Å². The third-order valence-corrected chi connectivity index (χ3v) is 5.85. The number of hydrogen-bond acceptors (Lipinski definition) is 8. The van der Waals surface area contributed by atoms with Crippen LogP contribution in [0.2, 0.25) is 0 Å². The summed E-state index contributed by atoms with van der Waals surface area (Å²) >= 11 is 0. The highest BCUT2D eigenvalue weighted by atomic mass is 16.4. The third kappa shape index (κ3) is 12.4. The number of nitrogens with one attached hydrogen (secondary N) is 3. The number of nitrogens with two attached hydrogens (primary N) is 4. The minimum Gasteiger partial charge on any atom is -0.508 e. The van der Waals surface area contributed by atoms with E-state index in [1.54, 1.807) is 13.8 Å². The maximum Gasteiger partial charge on any atom is 0.326 e. The molecule has 0 saturated heterocycles. The number of guanidine groups is 1. The number of carbonyl (C=O) groups is 5. The predicted octanol–water partition coefficient (Wildman–Crippen LogP) is -2.22. The number of amides is 4. The van der Waals surface area contributed by atoms with E-state index in [0.717, 1.165) is 0 Å². The molecule has 0 spiro atoms. The van der Waals surface area contributed by atoms with E-state index in [4.69, 9.17) is 22.9 Å². The van der Waals surface area contributed by atoms with E-state index in [1.807, 2.05) is 0 Å². The molecule has 0 saturated carbocycles. The van der Waals surface area contributed by atoms with E-state index >= 15 is 0 Å². The number of aliphatic imine (C=N–C) groups is 1. The zero-order chi connectivity index (χ0) is 30.4. The lowest BCUT2D eigenvalue weighted by Gasteiger charge is -2.27. The fourth-order valence-electron chi connectivity index (χ4n) is 3.60. The van der Waals surface area contributed by atoms with E-state index < -0.39 is 59.7 Å². The summed E-state index contributed by atoms with van der Waals surface area (Å²) in [7, 11) is 0. The fourth-order valence-corrected chi connectivity index (χ4v) is 3.60. The van der Waals surface area contributed by atoms with Gasteiger partial charge in [0.2, 0.25) is 23.6 Å². The van der Waals surface area contributed by atoms with Gasteiger partial charge in [0, 0.05) is 19.4 Å². The van der Waals surface area contributed by atoms with Gasteiger partial charge in [-0.3, -0.25) is 24.2 Å². The molecule has 0 fully saturated rings. The first-order chi connectivity index (χ1) is 18.7. The molecule has 0 bridgehead atoms. The van der Waals surface area contributed by atoms with Crippen LogP contribution in [-0.2, 0) is 30.4 Å². The lowest BCUT2D eigenvalue weighted by Crippen LogP contribution is -2.58. The Bertz CT molecular complexity index is 1060. The fraction of sp³-hybridized carbons (Fsp3) is 0.520. The molecule has 15 heteroatoms. The zero-order valence-corrected chi connectivity index (χ0v) is 22.6. The average molecular weight is 565 g/mol. The number of carbonyl (C=O) groups excluding carboxylic acids is 4. The highest BCUT2D eigenvalue weighted by Gasteiger charge is 2.32. The number of primary amides is 1. The van der Waals surface area contributed by atoms with Crippen molar-refractivity contribution in [2.24, 2.45) is 33.8 Å². The monoisotopic (exact) mass is 564 g/mol. The van der Waals surface area contributed by atoms with Crippen LogP contribution < -0.4 is 38.9 Å². The summed E-state index contributed by atoms with van der Waals surface area (Å²) in [5.74, 6) is -4.73. The second-order valence-electron chi connectivity index (χ2n) is 9.62. The van der Waals surface area contributed by atoms with E-state index in [2.05, 4.69) is 20.9 Å². The molecule has 13 N–H and O–H groups in total. The maximum absolute atomic E-state index is 13.3. The second kappa shape index (κ2) is 16.5. The van der Waals surface area contributed by atoms with Gasteiger partial charge in [0.05, 0.1) is 6.04 Å². The third-order valence-electron chi connectivity index (χ3n) is 5.85. The van der Waals surface area contributed by atoms with Crippen LogP contribution in [0.1, 0.15) is 45.1 Å². The quantitative estimate of drug-likeness (QED) is 0.0558. The van der Waals surface area contributed by atoms with Crippen molar-refractivity contribution in [2.45, 2.75) is 70.1 Å².